The zero-order valence-electron chi connectivity index (χ0n) is 51.6. The van der Waals surface area contributed by atoms with Gasteiger partial charge in [-0.3, -0.25) is 0 Å². The Morgan fingerprint density at radius 3 is 0.772 bits per heavy atom. The third-order valence-electron chi connectivity index (χ3n) is 17.9. The smallest absolute Gasteiger partial charge is 0.160 e. The molecule has 14 aromatic carbocycles. The minimum Gasteiger partial charge on any atom is -0.454 e. The molecule has 6 nitrogen and oxygen atoms in total. The molecule has 16 aromatic rings. The molecule has 0 amide bonds. The summed E-state index contributed by atoms with van der Waals surface area (Å²) in [7, 11) is 0. The van der Waals surface area contributed by atoms with Gasteiger partial charge in [-0.2, -0.15) is 0 Å². The number of fused-ring (bicyclic) bond motifs is 9. The standard InChI is InChI=1S/C86H64N4O2/c1-57-25-37-69(38-26-57)89(70-39-27-58(2)28-40-70)79-55-77-78(83-75-51-49-73(53-81(75)91-85(79)83)87(65-21-13-7-14-22-65)67-45-33-63(34-46-67)61-17-9-5-10-18-61)56-80(90(71-41-29-59(3)30-42-71)72-43-31-60(4)32-44-72)86-84(77)76-52-50-74(54-82(76)92-86)88(66-23-15-8-16-24-66)68-47-35-64(36-48-68)62-19-11-6-12-20-62/h5-56H,1-4H3. The van der Waals surface area contributed by atoms with Crippen molar-refractivity contribution in [3.05, 3.63) is 338 Å². The Hall–Kier alpha value is -11.9. The van der Waals surface area contributed by atoms with Crippen LogP contribution in [0.1, 0.15) is 22.3 Å². The summed E-state index contributed by atoms with van der Waals surface area (Å²) in [6.45, 7) is 8.56. The monoisotopic (exact) mass is 1180 g/mol. The molecule has 0 atom stereocenters. The maximum absolute atomic E-state index is 7.63. The molecule has 0 saturated heterocycles. The summed E-state index contributed by atoms with van der Waals surface area (Å²) in [4.78, 5) is 9.36. The quantitative estimate of drug-likeness (QED) is 0.108. The van der Waals surface area contributed by atoms with Gasteiger partial charge in [0.05, 0.1) is 11.4 Å². The van der Waals surface area contributed by atoms with Gasteiger partial charge in [-0.05, 0) is 194 Å². The largest absolute Gasteiger partial charge is 0.454 e. The molecule has 16 rings (SSSR count). The SMILES string of the molecule is Cc1ccc(N(c2ccc(C)cc2)c2cc3c(cc(N(c4ccc(C)cc4)c4ccc(C)cc4)c4oc5cc(N(c6ccccc6)c6ccc(-c7ccccc7)cc6)ccc5c43)c3c2oc2cc(N(c4ccccc4)c4ccc(-c5ccccc5)cc4)ccc23)cc1. The van der Waals surface area contributed by atoms with Gasteiger partial charge in [0.1, 0.15) is 11.2 Å². The maximum atomic E-state index is 7.63. The first-order chi connectivity index (χ1) is 45.2. The first-order valence-electron chi connectivity index (χ1n) is 31.5. The Balaban J connectivity index is 0.993. The molecular weight excluding hydrogens is 1120 g/mol. The number of furan rings is 2. The summed E-state index contributed by atoms with van der Waals surface area (Å²) in [6, 6.07) is 113. The van der Waals surface area contributed by atoms with Crippen molar-refractivity contribution in [3.8, 4) is 22.3 Å². The molecule has 0 spiro atoms. The van der Waals surface area contributed by atoms with Gasteiger partial charge in [0, 0.05) is 90.6 Å². The normalized spacial score (nSPS) is 11.5. The van der Waals surface area contributed by atoms with Crippen molar-refractivity contribution in [2.24, 2.45) is 0 Å². The second kappa shape index (κ2) is 23.3. The van der Waals surface area contributed by atoms with Crippen LogP contribution in [0.15, 0.2) is 324 Å². The Morgan fingerprint density at radius 1 is 0.207 bits per heavy atom. The Labute approximate surface area is 535 Å². The van der Waals surface area contributed by atoms with E-state index in [0.29, 0.717) is 0 Å². The molecule has 0 aliphatic carbocycles. The Kier molecular flexibility index (Phi) is 14.0. The molecule has 0 unspecified atom stereocenters. The second-order valence-corrected chi connectivity index (χ2v) is 24.0. The Bertz CT molecular complexity index is 4890. The number of aryl methyl sites for hydroxylation is 4. The van der Waals surface area contributed by atoms with Crippen molar-refractivity contribution in [1.29, 1.82) is 0 Å². The number of rotatable bonds is 14. The van der Waals surface area contributed by atoms with E-state index >= 15 is 0 Å². The van der Waals surface area contributed by atoms with Crippen LogP contribution in [-0.4, -0.2) is 0 Å². The van der Waals surface area contributed by atoms with Crippen molar-refractivity contribution >= 4 is 123 Å². The predicted molar refractivity (Wildman–Crippen MR) is 387 cm³/mol. The average molecular weight is 1190 g/mol. The van der Waals surface area contributed by atoms with Gasteiger partial charge in [-0.25, -0.2) is 0 Å². The summed E-state index contributed by atoms with van der Waals surface area (Å²) in [5, 5.41) is 6.04. The van der Waals surface area contributed by atoms with E-state index in [1.807, 2.05) is 0 Å². The van der Waals surface area contributed by atoms with Crippen molar-refractivity contribution < 1.29 is 8.83 Å². The molecule has 2 heterocycles. The van der Waals surface area contributed by atoms with Crippen LogP contribution in [0, 0.1) is 27.7 Å². The van der Waals surface area contributed by atoms with Crippen molar-refractivity contribution in [1.82, 2.24) is 0 Å². The van der Waals surface area contributed by atoms with E-state index in [2.05, 4.69) is 363 Å². The minimum absolute atomic E-state index is 0.760. The van der Waals surface area contributed by atoms with Crippen molar-refractivity contribution in [2.45, 2.75) is 27.7 Å². The fourth-order valence-corrected chi connectivity index (χ4v) is 13.2. The third-order valence-corrected chi connectivity index (χ3v) is 17.9. The molecule has 0 aliphatic heterocycles. The highest BCUT2D eigenvalue weighted by Crippen LogP contribution is 2.53. The van der Waals surface area contributed by atoms with Crippen molar-refractivity contribution in [2.75, 3.05) is 19.6 Å². The average Bonchev–Trinajstić information content (AvgIpc) is 1.49. The van der Waals surface area contributed by atoms with Gasteiger partial charge in [0.2, 0.25) is 0 Å². The van der Waals surface area contributed by atoms with Crippen molar-refractivity contribution in [3.63, 3.8) is 0 Å². The van der Waals surface area contributed by atoms with Crippen LogP contribution < -0.4 is 19.6 Å². The van der Waals surface area contributed by atoms with Gasteiger partial charge < -0.3 is 28.4 Å². The zero-order chi connectivity index (χ0) is 61.8. The summed E-state index contributed by atoms with van der Waals surface area (Å²) in [6.07, 6.45) is 0. The summed E-state index contributed by atoms with van der Waals surface area (Å²) in [5.74, 6) is 0. The molecule has 0 N–H and O–H groups in total. The second-order valence-electron chi connectivity index (χ2n) is 24.0. The van der Waals surface area contributed by atoms with Gasteiger partial charge in [-0.1, -0.05) is 192 Å². The number of hydrogen-bond donors (Lipinski definition) is 0. The van der Waals surface area contributed by atoms with E-state index in [1.54, 1.807) is 0 Å². The molecule has 0 bridgehead atoms. The first-order valence-corrected chi connectivity index (χ1v) is 31.5. The van der Waals surface area contributed by atoms with E-state index in [9.17, 15) is 0 Å². The van der Waals surface area contributed by atoms with E-state index in [0.717, 1.165) is 134 Å². The fourth-order valence-electron chi connectivity index (χ4n) is 13.2. The first kappa shape index (κ1) is 55.5. The number of para-hydroxylation sites is 2. The minimum atomic E-state index is 0.760. The van der Waals surface area contributed by atoms with E-state index in [-0.39, 0.29) is 0 Å². The van der Waals surface area contributed by atoms with E-state index in [4.69, 9.17) is 8.83 Å². The van der Waals surface area contributed by atoms with E-state index in [1.165, 1.54) is 33.4 Å². The highest BCUT2D eigenvalue weighted by atomic mass is 16.3. The number of nitrogens with zero attached hydrogens (tertiary/aromatic N) is 4. The van der Waals surface area contributed by atoms with Crippen LogP contribution in [0.25, 0.3) is 76.9 Å². The topological polar surface area (TPSA) is 39.2 Å². The van der Waals surface area contributed by atoms with E-state index < -0.39 is 0 Å². The number of benzene rings is 14. The van der Waals surface area contributed by atoms with Gasteiger partial charge in [-0.15, -0.1) is 0 Å². The maximum Gasteiger partial charge on any atom is 0.160 e. The molecule has 2 aromatic heterocycles. The Morgan fingerprint density at radius 2 is 0.457 bits per heavy atom. The predicted octanol–water partition coefficient (Wildman–Crippen LogP) is 25.1. The van der Waals surface area contributed by atoms with Crippen LogP contribution in [0.3, 0.4) is 0 Å². The molecule has 6 heteroatoms. The fraction of sp³-hybridized carbons (Fsp3) is 0.0465. The van der Waals surface area contributed by atoms with Gasteiger partial charge in [0.25, 0.3) is 0 Å². The molecule has 0 aliphatic rings. The highest BCUT2D eigenvalue weighted by molar-refractivity contribution is 6.32. The zero-order valence-corrected chi connectivity index (χ0v) is 51.6. The molecule has 92 heavy (non-hydrogen) atoms. The summed E-state index contributed by atoms with van der Waals surface area (Å²) < 4.78 is 15.3. The number of hydrogen-bond acceptors (Lipinski definition) is 6. The molecule has 0 radical (unpaired) electrons. The number of anilines is 12. The van der Waals surface area contributed by atoms with Crippen LogP contribution in [0.4, 0.5) is 68.2 Å². The lowest BCUT2D eigenvalue weighted by Crippen LogP contribution is -2.11. The molecule has 0 fully saturated rings. The van der Waals surface area contributed by atoms with Crippen LogP contribution >= 0.6 is 0 Å². The molecule has 440 valence electrons. The molecular formula is C86H64N4O2. The lowest BCUT2D eigenvalue weighted by molar-refractivity contribution is 0.668. The summed E-state index contributed by atoms with van der Waals surface area (Å²) in [5.41, 5.74) is 24.3. The van der Waals surface area contributed by atoms with Gasteiger partial charge >= 0.3 is 0 Å². The van der Waals surface area contributed by atoms with Crippen LogP contribution in [-0.2, 0) is 0 Å². The highest BCUT2D eigenvalue weighted by Gasteiger charge is 2.29. The lowest BCUT2D eigenvalue weighted by atomic mass is 9.95. The van der Waals surface area contributed by atoms with Crippen LogP contribution in [0.5, 0.6) is 0 Å². The molecule has 0 saturated carbocycles. The van der Waals surface area contributed by atoms with Crippen LogP contribution in [0.2, 0.25) is 0 Å². The lowest BCUT2D eigenvalue weighted by Gasteiger charge is -2.28. The van der Waals surface area contributed by atoms with Gasteiger partial charge in [0.15, 0.2) is 11.2 Å². The third kappa shape index (κ3) is 10.1. The summed E-state index contributed by atoms with van der Waals surface area (Å²) >= 11 is 0.